The molecule has 2 atom stereocenters. The van der Waals surface area contributed by atoms with Crippen LogP contribution in [0.5, 0.6) is 0 Å². The van der Waals surface area contributed by atoms with Gasteiger partial charge >= 0.3 is 0 Å². The van der Waals surface area contributed by atoms with Gasteiger partial charge in [0, 0.05) is 7.11 Å². The minimum Gasteiger partial charge on any atom is -0.548 e. The fourth-order valence-electron chi connectivity index (χ4n) is 5.52. The summed E-state index contributed by atoms with van der Waals surface area (Å²) in [7, 11) is 0.0866. The Morgan fingerprint density at radius 2 is 1.61 bits per heavy atom. The summed E-state index contributed by atoms with van der Waals surface area (Å²) < 4.78 is 12.8. The number of fused-ring (bicyclic) bond motifs is 1. The zero-order chi connectivity index (χ0) is 17.3. The third-order valence-electron chi connectivity index (χ3n) is 6.75. The van der Waals surface area contributed by atoms with Crippen LogP contribution in [-0.2, 0) is 9.16 Å². The highest BCUT2D eigenvalue weighted by molar-refractivity contribution is 6.77. The third kappa shape index (κ3) is 3.16. The van der Waals surface area contributed by atoms with Gasteiger partial charge in [0.2, 0.25) is 0 Å². The largest absolute Gasteiger partial charge is 0.548 e. The topological polar surface area (TPSA) is 18.5 Å². The lowest BCUT2D eigenvalue weighted by Gasteiger charge is -2.51. The van der Waals surface area contributed by atoms with Crippen LogP contribution in [0.25, 0.3) is 0 Å². The van der Waals surface area contributed by atoms with Crippen molar-refractivity contribution in [3.8, 4) is 0 Å². The highest BCUT2D eigenvalue weighted by Gasteiger charge is 2.53. The lowest BCUT2D eigenvalue weighted by molar-refractivity contribution is -0.0778. The summed E-state index contributed by atoms with van der Waals surface area (Å²) in [5.74, 6) is 0.720. The van der Waals surface area contributed by atoms with Crippen molar-refractivity contribution in [1.29, 1.82) is 0 Å². The number of hydrogen-bond acceptors (Lipinski definition) is 2. The van der Waals surface area contributed by atoms with E-state index in [1.165, 1.54) is 44.1 Å². The van der Waals surface area contributed by atoms with E-state index in [1.807, 2.05) is 7.11 Å². The molecule has 1 unspecified atom stereocenters. The predicted octanol–water partition coefficient (Wildman–Crippen LogP) is 6.43. The first-order chi connectivity index (χ1) is 10.8. The molecule has 0 amide bonds. The molecule has 3 heteroatoms. The van der Waals surface area contributed by atoms with Crippen molar-refractivity contribution in [3.05, 3.63) is 11.8 Å². The van der Waals surface area contributed by atoms with Crippen LogP contribution in [0.1, 0.15) is 80.1 Å². The number of methoxy groups -OCH3 is 1. The van der Waals surface area contributed by atoms with Crippen molar-refractivity contribution in [2.45, 2.75) is 102 Å². The van der Waals surface area contributed by atoms with Gasteiger partial charge in [-0.15, -0.1) is 0 Å². The molecule has 2 rings (SSSR count). The van der Waals surface area contributed by atoms with Gasteiger partial charge in [0.15, 0.2) is 0 Å². The van der Waals surface area contributed by atoms with Gasteiger partial charge in [0.05, 0.1) is 11.9 Å². The lowest BCUT2D eigenvalue weighted by Crippen LogP contribution is -2.52. The molecule has 0 heterocycles. The van der Waals surface area contributed by atoms with Crippen molar-refractivity contribution < 1.29 is 9.16 Å². The van der Waals surface area contributed by atoms with Gasteiger partial charge in [0.1, 0.15) is 0 Å². The van der Waals surface area contributed by atoms with Crippen LogP contribution >= 0.6 is 0 Å². The zero-order valence-corrected chi connectivity index (χ0v) is 17.4. The number of rotatable bonds is 6. The monoisotopic (exact) mass is 338 g/mol. The van der Waals surface area contributed by atoms with Crippen LogP contribution in [0, 0.1) is 5.92 Å². The normalized spacial score (nSPS) is 30.5. The van der Waals surface area contributed by atoms with Crippen molar-refractivity contribution >= 4 is 8.32 Å². The van der Waals surface area contributed by atoms with Crippen LogP contribution in [0.2, 0.25) is 16.6 Å². The Bertz CT molecular complexity index is 406. The third-order valence-corrected chi connectivity index (χ3v) is 12.7. The van der Waals surface area contributed by atoms with Gasteiger partial charge in [-0.25, -0.2) is 0 Å². The molecule has 0 bridgehead atoms. The summed E-state index contributed by atoms with van der Waals surface area (Å²) in [6.45, 7) is 14.1. The van der Waals surface area contributed by atoms with Crippen molar-refractivity contribution in [1.82, 2.24) is 0 Å². The van der Waals surface area contributed by atoms with Gasteiger partial charge in [-0.1, -0.05) is 60.8 Å². The Balaban J connectivity index is 2.23. The molecular weight excluding hydrogens is 300 g/mol. The molecule has 134 valence electrons. The van der Waals surface area contributed by atoms with Gasteiger partial charge in [-0.2, -0.15) is 0 Å². The van der Waals surface area contributed by atoms with E-state index in [9.17, 15) is 0 Å². The molecule has 0 N–H and O–H groups in total. The molecule has 23 heavy (non-hydrogen) atoms. The highest BCUT2D eigenvalue weighted by atomic mass is 28.4. The standard InChI is InChI=1S/C20H38O2Si/c1-15(2)23(16(3)4,17(5)6)22-14-19-13-18-11-9-8-10-12-20(18,19)21-7/h14-18H,8-13H2,1-7H3/b19-14+/t18?,20-/m1/s1. The van der Waals surface area contributed by atoms with Crippen LogP contribution in [0.3, 0.4) is 0 Å². The fraction of sp³-hybridized carbons (Fsp3) is 0.900. The minimum absolute atomic E-state index is 0.00157. The molecule has 2 aliphatic carbocycles. The van der Waals surface area contributed by atoms with E-state index >= 15 is 0 Å². The highest BCUT2D eigenvalue weighted by Crippen LogP contribution is 2.54. The number of hydrogen-bond donors (Lipinski definition) is 0. The number of ether oxygens (including phenoxy) is 1. The van der Waals surface area contributed by atoms with E-state index in [0.717, 1.165) is 5.92 Å². The molecule has 0 aromatic rings. The molecule has 2 saturated carbocycles. The van der Waals surface area contributed by atoms with Crippen LogP contribution in [0.4, 0.5) is 0 Å². The summed E-state index contributed by atoms with van der Waals surface area (Å²) in [5.41, 5.74) is 3.32. The molecule has 0 spiro atoms. The van der Waals surface area contributed by atoms with Crippen molar-refractivity contribution in [2.75, 3.05) is 7.11 Å². The Kier molecular flexibility index (Phi) is 6.05. The Hall–Kier alpha value is -0.283. The summed E-state index contributed by atoms with van der Waals surface area (Å²) in [4.78, 5) is 0. The van der Waals surface area contributed by atoms with Gasteiger partial charge < -0.3 is 9.16 Å². The first-order valence-corrected chi connectivity index (χ1v) is 11.9. The second kappa shape index (κ2) is 7.31. The Morgan fingerprint density at radius 1 is 1.00 bits per heavy atom. The van der Waals surface area contributed by atoms with E-state index in [4.69, 9.17) is 9.16 Å². The molecule has 2 aliphatic rings. The summed E-state index contributed by atoms with van der Waals surface area (Å²) in [6, 6.07) is 0. The smallest absolute Gasteiger partial charge is 0.257 e. The molecule has 2 nitrogen and oxygen atoms in total. The van der Waals surface area contributed by atoms with Gasteiger partial charge in [-0.3, -0.25) is 0 Å². The quantitative estimate of drug-likeness (QED) is 0.410. The zero-order valence-electron chi connectivity index (χ0n) is 16.4. The van der Waals surface area contributed by atoms with Crippen LogP contribution < -0.4 is 0 Å². The Morgan fingerprint density at radius 3 is 2.13 bits per heavy atom. The van der Waals surface area contributed by atoms with E-state index in [1.54, 1.807) is 0 Å². The van der Waals surface area contributed by atoms with E-state index in [0.29, 0.717) is 16.6 Å². The van der Waals surface area contributed by atoms with Gasteiger partial charge in [-0.05, 0) is 47.4 Å². The summed E-state index contributed by atoms with van der Waals surface area (Å²) >= 11 is 0. The predicted molar refractivity (Wildman–Crippen MR) is 101 cm³/mol. The van der Waals surface area contributed by atoms with Gasteiger partial charge in [0.25, 0.3) is 8.32 Å². The van der Waals surface area contributed by atoms with Crippen LogP contribution in [-0.4, -0.2) is 21.0 Å². The SMILES string of the molecule is CO[C@]12CCCCCC1C/C2=C\O[Si](C(C)C)(C(C)C)C(C)C. The maximum absolute atomic E-state index is 6.73. The second-order valence-corrected chi connectivity index (χ2v) is 14.1. The molecule has 0 aromatic carbocycles. The van der Waals surface area contributed by atoms with E-state index in [2.05, 4.69) is 47.8 Å². The van der Waals surface area contributed by atoms with E-state index in [-0.39, 0.29) is 5.60 Å². The maximum atomic E-state index is 6.73. The average Bonchev–Trinajstić information content (AvgIpc) is 2.62. The molecule has 0 aromatic heterocycles. The molecule has 0 aliphatic heterocycles. The molecule has 0 radical (unpaired) electrons. The minimum atomic E-state index is -1.82. The van der Waals surface area contributed by atoms with E-state index < -0.39 is 8.32 Å². The molecular formula is C20H38O2Si. The second-order valence-electron chi connectivity index (χ2n) is 8.67. The summed E-state index contributed by atoms with van der Waals surface area (Å²) in [6.07, 6.45) is 9.88. The first-order valence-electron chi connectivity index (χ1n) is 9.73. The Labute approximate surface area is 145 Å². The maximum Gasteiger partial charge on any atom is 0.257 e. The van der Waals surface area contributed by atoms with Crippen molar-refractivity contribution in [3.63, 3.8) is 0 Å². The summed E-state index contributed by atoms with van der Waals surface area (Å²) in [5, 5.41) is 0. The van der Waals surface area contributed by atoms with Crippen molar-refractivity contribution in [2.24, 2.45) is 5.92 Å². The molecule has 2 fully saturated rings. The molecule has 0 saturated heterocycles. The average molecular weight is 339 g/mol. The van der Waals surface area contributed by atoms with Crippen LogP contribution in [0.15, 0.2) is 11.8 Å². The fourth-order valence-corrected chi connectivity index (χ4v) is 10.7. The lowest BCUT2D eigenvalue weighted by atomic mass is 9.63. The first kappa shape index (κ1) is 19.0.